The van der Waals surface area contributed by atoms with Crippen molar-refractivity contribution >= 4 is 27.8 Å². The van der Waals surface area contributed by atoms with Crippen LogP contribution in [0, 0.1) is 0 Å². The summed E-state index contributed by atoms with van der Waals surface area (Å²) in [6.07, 6.45) is 4.30. The average Bonchev–Trinajstić information content (AvgIpc) is 3.75. The van der Waals surface area contributed by atoms with E-state index in [0.717, 1.165) is 50.8 Å². The highest BCUT2D eigenvalue weighted by atomic mass is 16.2. The van der Waals surface area contributed by atoms with Gasteiger partial charge in [-0.2, -0.15) is 5.10 Å². The number of rotatable bonds is 10. The number of fused-ring (bicyclic) bond motifs is 2. The molecule has 2 N–H and O–H groups in total. The van der Waals surface area contributed by atoms with Gasteiger partial charge in [0.15, 0.2) is 5.82 Å². The number of nitrogens with one attached hydrogen (secondary N) is 2. The molecule has 0 aliphatic heterocycles. The van der Waals surface area contributed by atoms with Crippen LogP contribution in [0.25, 0.3) is 33.2 Å². The Hall–Kier alpha value is -6.34. The molecule has 5 aromatic carbocycles. The zero-order chi connectivity index (χ0) is 33.9. The van der Waals surface area contributed by atoms with Crippen molar-refractivity contribution in [2.24, 2.45) is 0 Å². The number of aromatic amines is 1. The second kappa shape index (κ2) is 13.3. The van der Waals surface area contributed by atoms with E-state index < -0.39 is 5.41 Å². The molecule has 244 valence electrons. The topological polar surface area (TPSA) is 88.5 Å². The van der Waals surface area contributed by atoms with E-state index in [1.165, 1.54) is 5.56 Å². The Bertz CT molecular complexity index is 2270. The normalized spacial score (nSPS) is 12.3. The lowest BCUT2D eigenvalue weighted by atomic mass is 9.69. The first-order chi connectivity index (χ1) is 24.6. The molecule has 0 aliphatic carbocycles. The van der Waals surface area contributed by atoms with Crippen LogP contribution in [-0.2, 0) is 18.4 Å². The fourth-order valence-corrected chi connectivity index (χ4v) is 7.11. The number of benzene rings is 5. The molecule has 3 aromatic heterocycles. The van der Waals surface area contributed by atoms with Gasteiger partial charge in [0.1, 0.15) is 5.69 Å². The summed E-state index contributed by atoms with van der Waals surface area (Å²) < 4.78 is 2.11. The van der Waals surface area contributed by atoms with Crippen molar-refractivity contribution in [1.29, 1.82) is 0 Å². The molecule has 7 nitrogen and oxygen atoms in total. The summed E-state index contributed by atoms with van der Waals surface area (Å²) in [5, 5.41) is 9.39. The van der Waals surface area contributed by atoms with Crippen LogP contribution < -0.4 is 5.32 Å². The van der Waals surface area contributed by atoms with Gasteiger partial charge in [0.25, 0.3) is 5.91 Å². The highest BCUT2D eigenvalue weighted by molar-refractivity contribution is 6.03. The maximum atomic E-state index is 13.4. The Kier molecular flexibility index (Phi) is 8.22. The maximum Gasteiger partial charge on any atom is 0.287 e. The molecule has 1 amide bonds. The Morgan fingerprint density at radius 1 is 0.760 bits per heavy atom. The number of H-pyrrole nitrogens is 1. The third-order valence-corrected chi connectivity index (χ3v) is 9.47. The molecule has 0 fully saturated rings. The lowest BCUT2D eigenvalue weighted by Crippen LogP contribution is -2.35. The number of carbonyl (C=O) groups excluding carboxylic acids is 1. The molecule has 1 unspecified atom stereocenters. The zero-order valence-electron chi connectivity index (χ0n) is 27.7. The van der Waals surface area contributed by atoms with Crippen LogP contribution in [0.2, 0.25) is 0 Å². The average molecular weight is 653 g/mol. The van der Waals surface area contributed by atoms with Crippen LogP contribution in [0.15, 0.2) is 158 Å². The molecule has 0 saturated heterocycles. The molecular formula is C43H36N6O. The third kappa shape index (κ3) is 5.83. The van der Waals surface area contributed by atoms with Crippen LogP contribution in [0.1, 0.15) is 39.8 Å². The fraction of sp³-hybridized carbons (Fsp3) is 0.116. The Balaban J connectivity index is 1.27. The second-order valence-electron chi connectivity index (χ2n) is 12.8. The van der Waals surface area contributed by atoms with E-state index in [1.54, 1.807) is 12.4 Å². The fourth-order valence-electron chi connectivity index (χ4n) is 7.11. The molecule has 0 bridgehead atoms. The predicted octanol–water partition coefficient (Wildman–Crippen LogP) is 8.37. The van der Waals surface area contributed by atoms with Gasteiger partial charge in [-0.05, 0) is 59.9 Å². The number of hydrogen-bond donors (Lipinski definition) is 2. The molecule has 3 heterocycles. The van der Waals surface area contributed by atoms with Gasteiger partial charge < -0.3 is 10.3 Å². The van der Waals surface area contributed by atoms with Crippen LogP contribution in [-0.4, -0.2) is 36.7 Å². The van der Waals surface area contributed by atoms with Crippen LogP contribution in [0.4, 0.5) is 0 Å². The minimum atomic E-state index is -0.568. The summed E-state index contributed by atoms with van der Waals surface area (Å²) in [6.45, 7) is 2.53. The first kappa shape index (κ1) is 31.0. The number of amides is 1. The Labute approximate surface area is 290 Å². The van der Waals surface area contributed by atoms with Gasteiger partial charge in [-0.1, -0.05) is 121 Å². The highest BCUT2D eigenvalue weighted by Crippen LogP contribution is 2.42. The summed E-state index contributed by atoms with van der Waals surface area (Å²) in [5.41, 5.74) is 8.29. The molecule has 0 saturated carbocycles. The molecule has 1 atom stereocenters. The smallest absolute Gasteiger partial charge is 0.287 e. The van der Waals surface area contributed by atoms with Crippen molar-refractivity contribution in [3.8, 4) is 11.3 Å². The van der Waals surface area contributed by atoms with E-state index in [9.17, 15) is 4.79 Å². The number of nitrogens with zero attached hydrogens (tertiary/aromatic N) is 4. The van der Waals surface area contributed by atoms with Gasteiger partial charge in [0.05, 0.1) is 28.5 Å². The van der Waals surface area contributed by atoms with E-state index in [4.69, 9.17) is 10.1 Å². The standard InChI is InChI=1S/C43H36N6O/c1-30(26-31-14-6-2-7-15-31)45-42(50)41-46-37-27-36-39(28-38(37)47-41)49(48-40(36)32-22-24-44-25-23-32)29-43(33-16-8-3-9-17-33,34-18-10-4-11-19-34)35-20-12-5-13-21-35/h2-25,27-28,30H,26,29H2,1H3,(H,45,50)(H,46,47). The van der Waals surface area contributed by atoms with Crippen molar-refractivity contribution in [2.45, 2.75) is 31.3 Å². The predicted molar refractivity (Wildman–Crippen MR) is 199 cm³/mol. The van der Waals surface area contributed by atoms with Crippen molar-refractivity contribution in [3.05, 3.63) is 186 Å². The maximum absolute atomic E-state index is 13.4. The molecule has 0 spiro atoms. The van der Waals surface area contributed by atoms with Crippen molar-refractivity contribution < 1.29 is 4.79 Å². The van der Waals surface area contributed by atoms with Crippen molar-refractivity contribution in [3.63, 3.8) is 0 Å². The molecule has 0 aliphatic rings. The minimum Gasteiger partial charge on any atom is -0.347 e. The summed E-state index contributed by atoms with van der Waals surface area (Å²) in [7, 11) is 0. The molecule has 0 radical (unpaired) electrons. The summed E-state index contributed by atoms with van der Waals surface area (Å²) in [4.78, 5) is 25.8. The van der Waals surface area contributed by atoms with E-state index in [-0.39, 0.29) is 17.8 Å². The zero-order valence-corrected chi connectivity index (χ0v) is 27.7. The molecule has 8 aromatic rings. The number of carbonyl (C=O) groups is 1. The van der Waals surface area contributed by atoms with E-state index in [0.29, 0.717) is 12.1 Å². The monoisotopic (exact) mass is 652 g/mol. The van der Waals surface area contributed by atoms with Crippen LogP contribution >= 0.6 is 0 Å². The largest absolute Gasteiger partial charge is 0.347 e. The summed E-state index contributed by atoms with van der Waals surface area (Å²) >= 11 is 0. The van der Waals surface area contributed by atoms with Gasteiger partial charge >= 0.3 is 0 Å². The van der Waals surface area contributed by atoms with Crippen molar-refractivity contribution in [2.75, 3.05) is 0 Å². The van der Waals surface area contributed by atoms with E-state index >= 15 is 0 Å². The van der Waals surface area contributed by atoms with Gasteiger partial charge in [0.2, 0.25) is 0 Å². The highest BCUT2D eigenvalue weighted by Gasteiger charge is 2.38. The Morgan fingerprint density at radius 2 is 1.32 bits per heavy atom. The van der Waals surface area contributed by atoms with E-state index in [1.807, 2.05) is 43.3 Å². The van der Waals surface area contributed by atoms with Crippen LogP contribution in [0.5, 0.6) is 0 Å². The first-order valence-electron chi connectivity index (χ1n) is 16.9. The molecule has 8 rings (SSSR count). The minimum absolute atomic E-state index is 0.0638. The second-order valence-corrected chi connectivity index (χ2v) is 12.8. The van der Waals surface area contributed by atoms with Gasteiger partial charge in [-0.25, -0.2) is 4.98 Å². The first-order valence-corrected chi connectivity index (χ1v) is 16.9. The van der Waals surface area contributed by atoms with Gasteiger partial charge in [-0.15, -0.1) is 0 Å². The Morgan fingerprint density at radius 3 is 1.90 bits per heavy atom. The lowest BCUT2D eigenvalue weighted by Gasteiger charge is -2.36. The van der Waals surface area contributed by atoms with Crippen molar-refractivity contribution in [1.82, 2.24) is 30.0 Å². The number of aromatic nitrogens is 5. The quantitative estimate of drug-likeness (QED) is 0.145. The number of pyridine rings is 1. The number of hydrogen-bond acceptors (Lipinski definition) is 4. The van der Waals surface area contributed by atoms with E-state index in [2.05, 4.69) is 129 Å². The molecule has 50 heavy (non-hydrogen) atoms. The lowest BCUT2D eigenvalue weighted by molar-refractivity contribution is 0.0931. The van der Waals surface area contributed by atoms with Gasteiger partial charge in [-0.3, -0.25) is 14.5 Å². The SMILES string of the molecule is CC(Cc1ccccc1)NC(=O)c1nc2cc3c(-c4ccncc4)nn(CC(c4ccccc4)(c4ccccc4)c4ccccc4)c3cc2[nH]1. The molecular weight excluding hydrogens is 617 g/mol. The van der Waals surface area contributed by atoms with Gasteiger partial charge in [0, 0.05) is 29.4 Å². The summed E-state index contributed by atoms with van der Waals surface area (Å²) in [5.74, 6) is 0.0469. The number of imidazole rings is 1. The summed E-state index contributed by atoms with van der Waals surface area (Å²) in [6, 6.07) is 50.1. The van der Waals surface area contributed by atoms with Crippen LogP contribution in [0.3, 0.4) is 0 Å². The third-order valence-electron chi connectivity index (χ3n) is 9.47. The molecule has 7 heteroatoms.